The van der Waals surface area contributed by atoms with E-state index in [4.69, 9.17) is 0 Å². The predicted molar refractivity (Wildman–Crippen MR) is 80.1 cm³/mol. The van der Waals surface area contributed by atoms with Gasteiger partial charge in [-0.25, -0.2) is 0 Å². The third-order valence-corrected chi connectivity index (χ3v) is 2.96. The van der Waals surface area contributed by atoms with E-state index in [2.05, 4.69) is 38.2 Å². The van der Waals surface area contributed by atoms with Gasteiger partial charge in [-0.05, 0) is 19.3 Å². The third-order valence-electron chi connectivity index (χ3n) is 2.96. The van der Waals surface area contributed by atoms with E-state index in [1.165, 1.54) is 64.2 Å². The summed E-state index contributed by atoms with van der Waals surface area (Å²) in [5, 5.41) is 0. The predicted octanol–water partition coefficient (Wildman–Crippen LogP) is 6.24. The van der Waals surface area contributed by atoms with E-state index >= 15 is 0 Å². The summed E-state index contributed by atoms with van der Waals surface area (Å²) in [7, 11) is 0. The van der Waals surface area contributed by atoms with Crippen LogP contribution < -0.4 is 0 Å². The lowest BCUT2D eigenvalue weighted by Gasteiger charge is -1.99. The number of unbranched alkanes of at least 4 members (excludes halogenated alkanes) is 9. The van der Waals surface area contributed by atoms with Crippen LogP contribution in [0.1, 0.15) is 77.6 Å². The first-order valence-electron chi connectivity index (χ1n) is 7.52. The van der Waals surface area contributed by atoms with E-state index in [0.717, 1.165) is 6.42 Å². The van der Waals surface area contributed by atoms with Gasteiger partial charge in [0, 0.05) is 0 Å². The van der Waals surface area contributed by atoms with E-state index < -0.39 is 0 Å². The lowest BCUT2D eigenvalue weighted by molar-refractivity contribution is 0.583. The summed E-state index contributed by atoms with van der Waals surface area (Å²) in [6.07, 6.45) is 23.4. The maximum absolute atomic E-state index is 3.87. The Labute approximate surface area is 109 Å². The summed E-state index contributed by atoms with van der Waals surface area (Å²) in [5.74, 6) is 0. The summed E-state index contributed by atoms with van der Waals surface area (Å²) in [5.41, 5.74) is 0. The molecule has 0 atom stereocenters. The minimum Gasteiger partial charge on any atom is -0.0846 e. The van der Waals surface area contributed by atoms with Crippen molar-refractivity contribution >= 4 is 0 Å². The van der Waals surface area contributed by atoms with Crippen LogP contribution in [0.4, 0.5) is 0 Å². The molecule has 0 N–H and O–H groups in total. The van der Waals surface area contributed by atoms with Crippen LogP contribution in [0.3, 0.4) is 0 Å². The van der Waals surface area contributed by atoms with Gasteiger partial charge in [0.15, 0.2) is 0 Å². The van der Waals surface area contributed by atoms with E-state index in [-0.39, 0.29) is 0 Å². The Morgan fingerprint density at radius 2 is 1.24 bits per heavy atom. The molecular weight excluding hydrogens is 204 g/mol. The van der Waals surface area contributed by atoms with Gasteiger partial charge in [0.1, 0.15) is 0 Å². The first kappa shape index (κ1) is 16.5. The van der Waals surface area contributed by atoms with Gasteiger partial charge in [0.2, 0.25) is 0 Å². The SMILES string of the molecule is [CH2]CCCCCCCCCC=CC=CCCC. The van der Waals surface area contributed by atoms with Crippen LogP contribution in [-0.2, 0) is 0 Å². The Morgan fingerprint density at radius 1 is 0.706 bits per heavy atom. The van der Waals surface area contributed by atoms with E-state index in [0.29, 0.717) is 0 Å². The molecule has 99 valence electrons. The Morgan fingerprint density at radius 3 is 1.82 bits per heavy atom. The summed E-state index contributed by atoms with van der Waals surface area (Å²) < 4.78 is 0. The van der Waals surface area contributed by atoms with Crippen LogP contribution in [0.2, 0.25) is 0 Å². The quantitative estimate of drug-likeness (QED) is 0.277. The van der Waals surface area contributed by atoms with Crippen molar-refractivity contribution < 1.29 is 0 Å². The summed E-state index contributed by atoms with van der Waals surface area (Å²) in [4.78, 5) is 0. The second-order valence-electron chi connectivity index (χ2n) is 4.76. The van der Waals surface area contributed by atoms with Gasteiger partial charge >= 0.3 is 0 Å². The highest BCUT2D eigenvalue weighted by atomic mass is 14.0. The molecule has 0 rings (SSSR count). The fourth-order valence-corrected chi connectivity index (χ4v) is 1.84. The summed E-state index contributed by atoms with van der Waals surface area (Å²) in [6, 6.07) is 0. The molecule has 0 fully saturated rings. The molecule has 0 heteroatoms. The average molecular weight is 235 g/mol. The topological polar surface area (TPSA) is 0 Å². The van der Waals surface area contributed by atoms with Crippen molar-refractivity contribution in [3.8, 4) is 0 Å². The van der Waals surface area contributed by atoms with Crippen molar-refractivity contribution in [2.75, 3.05) is 0 Å². The Balaban J connectivity index is 3.07. The van der Waals surface area contributed by atoms with Crippen molar-refractivity contribution in [2.24, 2.45) is 0 Å². The second-order valence-corrected chi connectivity index (χ2v) is 4.76. The smallest absolute Gasteiger partial charge is 0.0348 e. The van der Waals surface area contributed by atoms with Gasteiger partial charge in [-0.3, -0.25) is 0 Å². The first-order chi connectivity index (χ1) is 8.41. The maximum Gasteiger partial charge on any atom is -0.0348 e. The summed E-state index contributed by atoms with van der Waals surface area (Å²) >= 11 is 0. The number of allylic oxidation sites excluding steroid dienone is 4. The molecule has 0 aliphatic carbocycles. The Hall–Kier alpha value is -0.520. The van der Waals surface area contributed by atoms with E-state index in [1.807, 2.05) is 0 Å². The molecule has 0 aromatic rings. The fraction of sp³-hybridized carbons (Fsp3) is 0.706. The molecule has 17 heavy (non-hydrogen) atoms. The standard InChI is InChI=1S/C17H31/c1-3-5-7-9-11-13-15-17-16-14-12-10-8-6-4-2/h8,10,12,14H,1,3-7,9,11,13,15-17H2,2H3. The monoisotopic (exact) mass is 235 g/mol. The van der Waals surface area contributed by atoms with Crippen LogP contribution in [0, 0.1) is 6.92 Å². The lowest BCUT2D eigenvalue weighted by Crippen LogP contribution is -1.79. The van der Waals surface area contributed by atoms with E-state index in [9.17, 15) is 0 Å². The number of rotatable bonds is 12. The van der Waals surface area contributed by atoms with Crippen LogP contribution >= 0.6 is 0 Å². The average Bonchev–Trinajstić information content (AvgIpc) is 2.35. The van der Waals surface area contributed by atoms with Gasteiger partial charge in [-0.15, -0.1) is 0 Å². The Bertz CT molecular complexity index is 176. The first-order valence-corrected chi connectivity index (χ1v) is 7.52. The van der Waals surface area contributed by atoms with Crippen LogP contribution in [0.25, 0.3) is 0 Å². The molecule has 0 saturated heterocycles. The van der Waals surface area contributed by atoms with Crippen molar-refractivity contribution in [3.63, 3.8) is 0 Å². The lowest BCUT2D eigenvalue weighted by atomic mass is 10.1. The largest absolute Gasteiger partial charge is 0.0846 e. The molecule has 0 bridgehead atoms. The Kier molecular flexibility index (Phi) is 15.0. The molecule has 1 radical (unpaired) electrons. The van der Waals surface area contributed by atoms with Gasteiger partial charge in [-0.1, -0.05) is 89.5 Å². The van der Waals surface area contributed by atoms with Crippen LogP contribution in [0.15, 0.2) is 24.3 Å². The van der Waals surface area contributed by atoms with Gasteiger partial charge in [0.05, 0.1) is 0 Å². The molecule has 0 aliphatic heterocycles. The molecule has 0 saturated carbocycles. The van der Waals surface area contributed by atoms with Crippen LogP contribution in [0.5, 0.6) is 0 Å². The molecular formula is C17H31. The fourth-order valence-electron chi connectivity index (χ4n) is 1.84. The molecule has 0 aromatic heterocycles. The van der Waals surface area contributed by atoms with Gasteiger partial charge < -0.3 is 0 Å². The molecule has 0 amide bonds. The number of hydrogen-bond donors (Lipinski definition) is 0. The third kappa shape index (κ3) is 15.5. The summed E-state index contributed by atoms with van der Waals surface area (Å²) in [6.45, 7) is 6.08. The highest BCUT2D eigenvalue weighted by Gasteiger charge is 1.89. The maximum atomic E-state index is 3.87. The zero-order valence-electron chi connectivity index (χ0n) is 11.8. The van der Waals surface area contributed by atoms with E-state index in [1.54, 1.807) is 0 Å². The minimum absolute atomic E-state index is 1.11. The highest BCUT2D eigenvalue weighted by Crippen LogP contribution is 2.09. The van der Waals surface area contributed by atoms with Crippen molar-refractivity contribution in [2.45, 2.75) is 77.6 Å². The van der Waals surface area contributed by atoms with Gasteiger partial charge in [0.25, 0.3) is 0 Å². The molecule has 0 aromatic carbocycles. The van der Waals surface area contributed by atoms with Gasteiger partial charge in [-0.2, -0.15) is 0 Å². The molecule has 0 aliphatic rings. The molecule has 0 nitrogen and oxygen atoms in total. The van der Waals surface area contributed by atoms with Crippen molar-refractivity contribution in [1.82, 2.24) is 0 Å². The highest BCUT2D eigenvalue weighted by molar-refractivity contribution is 5.02. The van der Waals surface area contributed by atoms with Crippen LogP contribution in [-0.4, -0.2) is 0 Å². The minimum atomic E-state index is 1.11. The van der Waals surface area contributed by atoms with Crippen molar-refractivity contribution in [1.29, 1.82) is 0 Å². The number of hydrogen-bond acceptors (Lipinski definition) is 0. The zero-order chi connectivity index (χ0) is 12.6. The molecule has 0 unspecified atom stereocenters. The normalized spacial score (nSPS) is 11.9. The second kappa shape index (κ2) is 15.5. The zero-order valence-corrected chi connectivity index (χ0v) is 11.8. The molecule has 0 spiro atoms. The van der Waals surface area contributed by atoms with Crippen molar-refractivity contribution in [3.05, 3.63) is 31.2 Å². The molecule has 0 heterocycles.